The summed E-state index contributed by atoms with van der Waals surface area (Å²) in [4.78, 5) is 42.5. The number of nitrogens with zero attached hydrogens (tertiary/aromatic N) is 2. The first-order chi connectivity index (χ1) is 21.7. The van der Waals surface area contributed by atoms with E-state index in [4.69, 9.17) is 9.47 Å². The lowest BCUT2D eigenvalue weighted by Gasteiger charge is -2.23. The number of hydrogen-bond acceptors (Lipinski definition) is 14. The maximum Gasteiger partial charge on any atom is 0.347 e. The third-order valence-electron chi connectivity index (χ3n) is 5.74. The van der Waals surface area contributed by atoms with Gasteiger partial charge in [-0.2, -0.15) is 0 Å². The fourth-order valence-corrected chi connectivity index (χ4v) is 4.74. The summed E-state index contributed by atoms with van der Waals surface area (Å²) in [5.41, 5.74) is 0. The summed E-state index contributed by atoms with van der Waals surface area (Å²) < 4.78 is 86.8. The van der Waals surface area contributed by atoms with E-state index in [1.807, 2.05) is 42.3 Å². The number of hydrogen-bond donors (Lipinski definition) is 0. The van der Waals surface area contributed by atoms with Gasteiger partial charge in [0, 0.05) is 24.6 Å². The van der Waals surface area contributed by atoms with Crippen LogP contribution in [0.4, 0.5) is 0 Å². The lowest BCUT2D eigenvalue weighted by atomic mass is 10.1. The van der Waals surface area contributed by atoms with Gasteiger partial charge in [-0.1, -0.05) is 24.3 Å². The molecule has 0 bridgehead atoms. The quantitative estimate of drug-likeness (QED) is 0.129. The summed E-state index contributed by atoms with van der Waals surface area (Å²) >= 11 is 0. The van der Waals surface area contributed by atoms with Crippen LogP contribution >= 0.6 is 0 Å². The molecule has 48 heavy (non-hydrogen) atoms. The van der Waals surface area contributed by atoms with Crippen LogP contribution in [0.2, 0.25) is 0 Å². The average molecular weight is 723 g/mol. The number of carbonyl (C=O) groups is 4. The van der Waals surface area contributed by atoms with Crippen LogP contribution in [0.1, 0.15) is 27.7 Å². The molecule has 0 saturated carbocycles. The Labute approximate surface area is 282 Å². The second-order valence-corrected chi connectivity index (χ2v) is 15.1. The summed E-state index contributed by atoms with van der Waals surface area (Å²) in [6.07, 6.45) is -1.65. The topological polar surface area (TPSA) is 220 Å². The van der Waals surface area contributed by atoms with Gasteiger partial charge in [0.05, 0.1) is 52.1 Å². The Morgan fingerprint density at radius 2 is 0.917 bits per heavy atom. The van der Waals surface area contributed by atoms with E-state index in [0.717, 1.165) is 34.2 Å². The Morgan fingerprint density at radius 3 is 1.15 bits per heavy atom. The summed E-state index contributed by atoms with van der Waals surface area (Å²) in [5, 5.41) is -0.158. The Hall–Kier alpha value is -3.68. The molecule has 0 amide bonds. The Kier molecular flexibility index (Phi) is 17.3. The SMILES string of the molecule is CC(=O)OC(C)C(=O)OCC[N+](C)(C)C.CC(=O)OC(C)C(=O)OCC[N+](C)(C)C.O=S(=O)([O-])c1cccc2c(S(=O)(=O)[O-])cccc12. The third-order valence-corrected chi connectivity index (χ3v) is 7.53. The first-order valence-corrected chi connectivity index (χ1v) is 17.2. The minimum absolute atomic E-state index is 0.0792. The lowest BCUT2D eigenvalue weighted by Crippen LogP contribution is -2.38. The van der Waals surface area contributed by atoms with Crippen molar-refractivity contribution in [3.05, 3.63) is 36.4 Å². The highest BCUT2D eigenvalue weighted by Gasteiger charge is 2.19. The standard InChI is InChI=1S/2C10H20NO4.C10H8O6S2/c2*1-8(15-9(2)12)10(13)14-7-6-11(3,4)5;11-17(12,13)9-5-1-3-7-8(9)4-2-6-10(7)18(14,15)16/h2*8H,6-7H2,1-5H3;1-6H,(H,11,12,13)(H,14,15,16)/q2*+1;/p-2. The van der Waals surface area contributed by atoms with Gasteiger partial charge in [0.1, 0.15) is 46.5 Å². The van der Waals surface area contributed by atoms with Crippen LogP contribution in [-0.4, -0.2) is 140 Å². The van der Waals surface area contributed by atoms with Crippen molar-refractivity contribution in [2.75, 3.05) is 68.6 Å². The number of likely N-dealkylation sites (N-methyl/N-ethyl adjacent to an activating group) is 2. The summed E-state index contributed by atoms with van der Waals surface area (Å²) in [6.45, 7) is 7.61. The van der Waals surface area contributed by atoms with Gasteiger partial charge < -0.3 is 37.0 Å². The molecule has 2 rings (SSSR count). The van der Waals surface area contributed by atoms with E-state index < -0.39 is 66.1 Å². The molecule has 2 unspecified atom stereocenters. The van der Waals surface area contributed by atoms with Crippen molar-refractivity contribution in [3.63, 3.8) is 0 Å². The van der Waals surface area contributed by atoms with Crippen LogP contribution in [0.25, 0.3) is 10.8 Å². The second-order valence-electron chi connectivity index (χ2n) is 12.4. The maximum absolute atomic E-state index is 11.3. The van der Waals surface area contributed by atoms with E-state index >= 15 is 0 Å². The highest BCUT2D eigenvalue weighted by Crippen LogP contribution is 2.27. The van der Waals surface area contributed by atoms with Crippen LogP contribution in [0.15, 0.2) is 46.2 Å². The van der Waals surface area contributed by atoms with Gasteiger partial charge in [-0.25, -0.2) is 26.4 Å². The number of fused-ring (bicyclic) bond motifs is 1. The number of carbonyl (C=O) groups excluding carboxylic acids is 4. The molecule has 2 aromatic rings. The van der Waals surface area contributed by atoms with E-state index in [1.165, 1.54) is 52.0 Å². The molecule has 0 aromatic heterocycles. The molecule has 0 radical (unpaired) electrons. The summed E-state index contributed by atoms with van der Waals surface area (Å²) in [5.74, 6) is -1.96. The van der Waals surface area contributed by atoms with Crippen LogP contribution in [0, 0.1) is 0 Å². The molecule has 0 spiro atoms. The molecule has 2 atom stereocenters. The molecule has 272 valence electrons. The zero-order chi connectivity index (χ0) is 37.7. The fourth-order valence-electron chi connectivity index (χ4n) is 3.36. The Morgan fingerprint density at radius 1 is 0.625 bits per heavy atom. The van der Waals surface area contributed by atoms with Gasteiger partial charge in [-0.3, -0.25) is 9.59 Å². The largest absolute Gasteiger partial charge is 0.744 e. The van der Waals surface area contributed by atoms with Crippen molar-refractivity contribution in [1.29, 1.82) is 0 Å². The third kappa shape index (κ3) is 18.6. The van der Waals surface area contributed by atoms with Gasteiger partial charge in [-0.15, -0.1) is 0 Å². The van der Waals surface area contributed by atoms with Crippen molar-refractivity contribution in [3.8, 4) is 0 Å². The monoisotopic (exact) mass is 722 g/mol. The molecule has 16 nitrogen and oxygen atoms in total. The average Bonchev–Trinajstić information content (AvgIpc) is 2.89. The van der Waals surface area contributed by atoms with Gasteiger partial charge in [-0.05, 0) is 26.0 Å². The second kappa shape index (κ2) is 18.8. The van der Waals surface area contributed by atoms with Gasteiger partial charge in [0.15, 0.2) is 12.2 Å². The molecular weight excluding hydrogens is 676 g/mol. The zero-order valence-corrected chi connectivity index (χ0v) is 30.5. The molecular formula is C30H46N2O14S2. The number of ether oxygens (including phenoxy) is 4. The van der Waals surface area contributed by atoms with Gasteiger partial charge in [0.25, 0.3) is 0 Å². The molecule has 0 N–H and O–H groups in total. The molecule has 0 saturated heterocycles. The molecule has 0 aliphatic carbocycles. The first-order valence-electron chi connectivity index (χ1n) is 14.4. The molecule has 0 heterocycles. The van der Waals surface area contributed by atoms with Gasteiger partial charge in [0.2, 0.25) is 0 Å². The number of benzene rings is 2. The van der Waals surface area contributed by atoms with Crippen LogP contribution in [-0.2, 0) is 58.4 Å². The Balaban J connectivity index is 0.000000696. The van der Waals surface area contributed by atoms with Crippen molar-refractivity contribution in [2.45, 2.75) is 49.7 Å². The maximum atomic E-state index is 11.3. The van der Waals surface area contributed by atoms with Gasteiger partial charge >= 0.3 is 23.9 Å². The van der Waals surface area contributed by atoms with E-state index in [2.05, 4.69) is 9.47 Å². The smallest absolute Gasteiger partial charge is 0.347 e. The van der Waals surface area contributed by atoms with Crippen LogP contribution in [0.5, 0.6) is 0 Å². The number of esters is 4. The van der Waals surface area contributed by atoms with Crippen LogP contribution in [0.3, 0.4) is 0 Å². The fraction of sp³-hybridized carbons (Fsp3) is 0.533. The first kappa shape index (κ1) is 44.3. The van der Waals surface area contributed by atoms with Crippen LogP contribution < -0.4 is 0 Å². The molecule has 0 fully saturated rings. The van der Waals surface area contributed by atoms with Crippen molar-refractivity contribution in [1.82, 2.24) is 0 Å². The molecule has 2 aromatic carbocycles. The van der Waals surface area contributed by atoms with E-state index in [1.54, 1.807) is 0 Å². The normalized spacial score (nSPS) is 13.0. The predicted molar refractivity (Wildman–Crippen MR) is 170 cm³/mol. The van der Waals surface area contributed by atoms with E-state index in [9.17, 15) is 45.1 Å². The minimum atomic E-state index is -4.74. The Bertz CT molecular complexity index is 1510. The highest BCUT2D eigenvalue weighted by molar-refractivity contribution is 7.86. The van der Waals surface area contributed by atoms with Crippen molar-refractivity contribution < 1.29 is 73.0 Å². The lowest BCUT2D eigenvalue weighted by molar-refractivity contribution is -0.870. The summed E-state index contributed by atoms with van der Waals surface area (Å²) in [7, 11) is 2.54. The summed E-state index contributed by atoms with van der Waals surface area (Å²) in [6, 6.07) is 7.09. The van der Waals surface area contributed by atoms with E-state index in [-0.39, 0.29) is 10.8 Å². The molecule has 0 aliphatic rings. The molecule has 0 aliphatic heterocycles. The number of rotatable bonds is 12. The molecule has 18 heteroatoms. The number of quaternary nitrogens is 2. The van der Waals surface area contributed by atoms with E-state index in [0.29, 0.717) is 13.2 Å². The van der Waals surface area contributed by atoms with Crippen molar-refractivity contribution in [2.24, 2.45) is 0 Å². The predicted octanol–water partition coefficient (Wildman–Crippen LogP) is 1.02. The van der Waals surface area contributed by atoms with Crippen molar-refractivity contribution >= 4 is 54.9 Å². The zero-order valence-electron chi connectivity index (χ0n) is 28.9. The highest BCUT2D eigenvalue weighted by atomic mass is 32.2. The minimum Gasteiger partial charge on any atom is -0.744 e.